The largest absolute Gasteiger partial charge is 0.463 e. The molecule has 0 aliphatic heterocycles. The molecular formula is C13H13O2. The van der Waals surface area contributed by atoms with E-state index in [0.717, 1.165) is 5.56 Å². The van der Waals surface area contributed by atoms with E-state index in [9.17, 15) is 4.79 Å². The molecule has 0 aliphatic carbocycles. The van der Waals surface area contributed by atoms with Crippen molar-refractivity contribution in [3.63, 3.8) is 0 Å². The zero-order chi connectivity index (χ0) is 10.9. The molecule has 2 heteroatoms. The fraction of sp³-hybridized carbons (Fsp3) is 0.0769. The Hall–Kier alpha value is -1.83. The van der Waals surface area contributed by atoms with Crippen molar-refractivity contribution < 1.29 is 9.53 Å². The van der Waals surface area contributed by atoms with Gasteiger partial charge in [0.2, 0.25) is 0 Å². The summed E-state index contributed by atoms with van der Waals surface area (Å²) in [7, 11) is 0. The first-order chi connectivity index (χ1) is 7.33. The summed E-state index contributed by atoms with van der Waals surface area (Å²) in [6.07, 6.45) is 6.71. The Morgan fingerprint density at radius 3 is 2.67 bits per heavy atom. The summed E-state index contributed by atoms with van der Waals surface area (Å²) in [6, 6.07) is 9.84. The summed E-state index contributed by atoms with van der Waals surface area (Å²) in [4.78, 5) is 10.9. The predicted octanol–water partition coefficient (Wildman–Crippen LogP) is 2.63. The van der Waals surface area contributed by atoms with Crippen molar-refractivity contribution in [2.45, 2.75) is 0 Å². The van der Waals surface area contributed by atoms with E-state index in [0.29, 0.717) is 0 Å². The molecule has 15 heavy (non-hydrogen) atoms. The molecule has 77 valence electrons. The number of hydrogen-bond acceptors (Lipinski definition) is 2. The van der Waals surface area contributed by atoms with Gasteiger partial charge in [0.1, 0.15) is 0 Å². The van der Waals surface area contributed by atoms with E-state index < -0.39 is 0 Å². The third kappa shape index (κ3) is 4.81. The fourth-order valence-electron chi connectivity index (χ4n) is 1.01. The van der Waals surface area contributed by atoms with Crippen molar-refractivity contribution in [1.82, 2.24) is 0 Å². The third-order valence-corrected chi connectivity index (χ3v) is 1.68. The molecule has 0 N–H and O–H groups in total. The molecule has 0 amide bonds. The predicted molar refractivity (Wildman–Crippen MR) is 60.9 cm³/mol. The molecule has 0 fully saturated rings. The zero-order valence-corrected chi connectivity index (χ0v) is 8.43. The highest BCUT2D eigenvalue weighted by Gasteiger charge is 1.90. The van der Waals surface area contributed by atoms with Gasteiger partial charge in [-0.1, -0.05) is 48.6 Å². The van der Waals surface area contributed by atoms with Crippen LogP contribution in [0.25, 0.3) is 6.08 Å². The average molecular weight is 201 g/mol. The van der Waals surface area contributed by atoms with Crippen LogP contribution in [0.15, 0.2) is 48.6 Å². The minimum absolute atomic E-state index is 0.158. The molecule has 1 aromatic rings. The highest BCUT2D eigenvalue weighted by Crippen LogP contribution is 2.00. The molecule has 1 rings (SSSR count). The fourth-order valence-corrected chi connectivity index (χ4v) is 1.01. The SMILES string of the molecule is [CH2]COC(=O)/C=C/C=C/c1ccccc1. The molecule has 0 spiro atoms. The number of rotatable bonds is 4. The van der Waals surface area contributed by atoms with E-state index in [4.69, 9.17) is 0 Å². The Morgan fingerprint density at radius 1 is 1.27 bits per heavy atom. The topological polar surface area (TPSA) is 26.3 Å². The van der Waals surface area contributed by atoms with Crippen LogP contribution in [0.5, 0.6) is 0 Å². The standard InChI is InChI=1S/C13H13O2/c1-2-15-13(14)11-7-6-10-12-8-4-3-5-9-12/h3-11H,1-2H2/b10-6+,11-7+. The Labute approximate surface area is 89.9 Å². The average Bonchev–Trinajstić information content (AvgIpc) is 2.26. The van der Waals surface area contributed by atoms with Gasteiger partial charge in [0, 0.05) is 6.08 Å². The third-order valence-electron chi connectivity index (χ3n) is 1.68. The molecule has 1 aromatic carbocycles. The number of esters is 1. The number of ether oxygens (including phenoxy) is 1. The quantitative estimate of drug-likeness (QED) is 0.425. The van der Waals surface area contributed by atoms with Gasteiger partial charge in [-0.25, -0.2) is 4.79 Å². The van der Waals surface area contributed by atoms with Gasteiger partial charge in [-0.2, -0.15) is 0 Å². The van der Waals surface area contributed by atoms with E-state index in [-0.39, 0.29) is 12.6 Å². The van der Waals surface area contributed by atoms with Crippen molar-refractivity contribution in [1.29, 1.82) is 0 Å². The monoisotopic (exact) mass is 201 g/mol. The first kappa shape index (κ1) is 11.2. The second kappa shape index (κ2) is 6.60. The first-order valence-corrected chi connectivity index (χ1v) is 4.68. The molecule has 0 heterocycles. The van der Waals surface area contributed by atoms with Crippen molar-refractivity contribution in [2.75, 3.05) is 6.61 Å². The van der Waals surface area contributed by atoms with E-state index >= 15 is 0 Å². The molecule has 0 bridgehead atoms. The van der Waals surface area contributed by atoms with Gasteiger partial charge in [0.05, 0.1) is 6.61 Å². The van der Waals surface area contributed by atoms with Crippen LogP contribution in [0, 0.1) is 6.92 Å². The summed E-state index contributed by atoms with van der Waals surface area (Å²) in [5.41, 5.74) is 1.09. The lowest BCUT2D eigenvalue weighted by atomic mass is 10.2. The van der Waals surface area contributed by atoms with Crippen molar-refractivity contribution in [3.05, 3.63) is 61.0 Å². The molecule has 0 aromatic heterocycles. The number of carbonyl (C=O) groups excluding carboxylic acids is 1. The Bertz CT molecular complexity index is 350. The van der Waals surface area contributed by atoms with Gasteiger partial charge < -0.3 is 4.74 Å². The van der Waals surface area contributed by atoms with Crippen LogP contribution in [0.2, 0.25) is 0 Å². The summed E-state index contributed by atoms with van der Waals surface area (Å²) in [5.74, 6) is -0.372. The lowest BCUT2D eigenvalue weighted by molar-refractivity contribution is -0.136. The molecule has 0 saturated carbocycles. The van der Waals surface area contributed by atoms with Crippen LogP contribution < -0.4 is 0 Å². The van der Waals surface area contributed by atoms with Crippen molar-refractivity contribution in [3.8, 4) is 0 Å². The Kier molecular flexibility index (Phi) is 4.95. The van der Waals surface area contributed by atoms with Crippen LogP contribution in [0.1, 0.15) is 5.56 Å². The molecule has 2 nitrogen and oxygen atoms in total. The molecule has 0 aliphatic rings. The maximum absolute atomic E-state index is 10.9. The van der Waals surface area contributed by atoms with Crippen LogP contribution in [-0.4, -0.2) is 12.6 Å². The minimum Gasteiger partial charge on any atom is -0.463 e. The summed E-state index contributed by atoms with van der Waals surface area (Å²) in [6.45, 7) is 3.56. The Balaban J connectivity index is 2.43. The first-order valence-electron chi connectivity index (χ1n) is 4.68. The zero-order valence-electron chi connectivity index (χ0n) is 8.43. The van der Waals surface area contributed by atoms with Gasteiger partial charge in [0.15, 0.2) is 0 Å². The number of allylic oxidation sites excluding steroid dienone is 2. The van der Waals surface area contributed by atoms with Crippen LogP contribution in [0.4, 0.5) is 0 Å². The van der Waals surface area contributed by atoms with Crippen LogP contribution in [0.3, 0.4) is 0 Å². The maximum Gasteiger partial charge on any atom is 0.330 e. The second-order valence-electron chi connectivity index (χ2n) is 2.80. The highest BCUT2D eigenvalue weighted by molar-refractivity contribution is 5.82. The smallest absolute Gasteiger partial charge is 0.330 e. The van der Waals surface area contributed by atoms with Crippen LogP contribution in [-0.2, 0) is 9.53 Å². The summed E-state index contributed by atoms with van der Waals surface area (Å²) in [5, 5.41) is 0. The van der Waals surface area contributed by atoms with Gasteiger partial charge in [0.25, 0.3) is 0 Å². The normalized spacial score (nSPS) is 11.0. The van der Waals surface area contributed by atoms with E-state index in [2.05, 4.69) is 11.7 Å². The van der Waals surface area contributed by atoms with E-state index in [1.165, 1.54) is 6.08 Å². The van der Waals surface area contributed by atoms with E-state index in [1.807, 2.05) is 36.4 Å². The number of hydrogen-bond donors (Lipinski definition) is 0. The minimum atomic E-state index is -0.372. The van der Waals surface area contributed by atoms with Crippen LogP contribution >= 0.6 is 0 Å². The van der Waals surface area contributed by atoms with Gasteiger partial charge in [-0.3, -0.25) is 0 Å². The lowest BCUT2D eigenvalue weighted by Gasteiger charge is -1.92. The lowest BCUT2D eigenvalue weighted by Crippen LogP contribution is -1.98. The summed E-state index contributed by atoms with van der Waals surface area (Å²) < 4.78 is 4.62. The number of benzene rings is 1. The molecule has 0 saturated heterocycles. The number of carbonyl (C=O) groups is 1. The summed E-state index contributed by atoms with van der Waals surface area (Å²) >= 11 is 0. The maximum atomic E-state index is 10.9. The molecule has 1 radical (unpaired) electrons. The Morgan fingerprint density at radius 2 is 2.00 bits per heavy atom. The highest BCUT2D eigenvalue weighted by atomic mass is 16.5. The van der Waals surface area contributed by atoms with Gasteiger partial charge >= 0.3 is 5.97 Å². The molecule has 0 atom stereocenters. The molecular weight excluding hydrogens is 188 g/mol. The van der Waals surface area contributed by atoms with Gasteiger partial charge in [-0.05, 0) is 12.5 Å². The molecule has 0 unspecified atom stereocenters. The van der Waals surface area contributed by atoms with Gasteiger partial charge in [-0.15, -0.1) is 0 Å². The van der Waals surface area contributed by atoms with Crippen molar-refractivity contribution in [2.24, 2.45) is 0 Å². The second-order valence-corrected chi connectivity index (χ2v) is 2.80. The van der Waals surface area contributed by atoms with Crippen molar-refractivity contribution >= 4 is 12.0 Å². The van der Waals surface area contributed by atoms with E-state index in [1.54, 1.807) is 12.2 Å².